The van der Waals surface area contributed by atoms with Crippen molar-refractivity contribution in [3.63, 3.8) is 0 Å². The van der Waals surface area contributed by atoms with E-state index in [9.17, 15) is 14.5 Å². The number of aromatic nitrogens is 2. The second kappa shape index (κ2) is 5.99. The molecule has 3 heterocycles. The third kappa shape index (κ3) is 2.74. The van der Waals surface area contributed by atoms with E-state index >= 15 is 0 Å². The van der Waals surface area contributed by atoms with E-state index in [-0.39, 0.29) is 5.41 Å². The Kier molecular flexibility index (Phi) is 4.11. The van der Waals surface area contributed by atoms with E-state index in [1.165, 1.54) is 10.5 Å². The first-order valence-electron chi connectivity index (χ1n) is 9.29. The SMILES string of the molecule is CC(C)(C)[S@+]([O-])/N=C1\c2c3c(nn2CC12CCN(C(=O)O)CC2)CCC3. The summed E-state index contributed by atoms with van der Waals surface area (Å²) >= 11 is -1.34. The fraction of sp³-hybridized carbons (Fsp3) is 0.722. The van der Waals surface area contributed by atoms with E-state index in [1.54, 1.807) is 0 Å². The number of carboxylic acid groups (broad SMARTS) is 1. The number of amides is 1. The lowest BCUT2D eigenvalue weighted by Gasteiger charge is -2.37. The molecule has 2 aliphatic heterocycles. The maximum Gasteiger partial charge on any atom is 0.407 e. The molecule has 1 saturated heterocycles. The standard InChI is InChI=1S/C18H26N4O3S/c1-17(2,3)26(25)20-15-14-12-5-4-6-13(12)19-22(14)11-18(15)7-9-21(10-8-18)16(23)24/h4-11H2,1-3H3,(H,23,24)/b20-15+/t26-/m0/s1. The molecule has 1 atom stereocenters. The van der Waals surface area contributed by atoms with Crippen molar-refractivity contribution in [1.29, 1.82) is 0 Å². The van der Waals surface area contributed by atoms with Crippen molar-refractivity contribution in [2.24, 2.45) is 9.81 Å². The molecule has 0 unspecified atom stereocenters. The van der Waals surface area contributed by atoms with E-state index in [2.05, 4.69) is 4.68 Å². The van der Waals surface area contributed by atoms with Crippen LogP contribution in [0.4, 0.5) is 4.79 Å². The van der Waals surface area contributed by atoms with Gasteiger partial charge in [0.2, 0.25) is 0 Å². The van der Waals surface area contributed by atoms with Crippen LogP contribution in [0.15, 0.2) is 4.40 Å². The zero-order chi connectivity index (χ0) is 18.7. The number of piperidine rings is 1. The lowest BCUT2D eigenvalue weighted by atomic mass is 9.75. The van der Waals surface area contributed by atoms with Crippen molar-refractivity contribution in [3.8, 4) is 0 Å². The Bertz CT molecular complexity index is 772. The molecule has 1 aromatic heterocycles. The Hall–Kier alpha value is -1.54. The van der Waals surface area contributed by atoms with Crippen LogP contribution < -0.4 is 0 Å². The molecule has 1 fully saturated rings. The van der Waals surface area contributed by atoms with Crippen molar-refractivity contribution < 1.29 is 14.5 Å². The zero-order valence-electron chi connectivity index (χ0n) is 15.6. The van der Waals surface area contributed by atoms with Crippen molar-refractivity contribution >= 4 is 23.2 Å². The molecular formula is C18H26N4O3S. The maximum atomic E-state index is 12.8. The average Bonchev–Trinajstić information content (AvgIpc) is 3.19. The van der Waals surface area contributed by atoms with E-state index in [0.717, 1.165) is 42.9 Å². The Balaban J connectivity index is 1.74. The normalized spacial score (nSPS) is 24.2. The largest absolute Gasteiger partial charge is 0.591 e. The third-order valence-corrected chi connectivity index (χ3v) is 7.24. The van der Waals surface area contributed by atoms with Gasteiger partial charge in [-0.25, -0.2) is 4.79 Å². The number of hydrogen-bond donors (Lipinski definition) is 1. The first-order valence-corrected chi connectivity index (χ1v) is 10.4. The molecule has 26 heavy (non-hydrogen) atoms. The molecule has 1 spiro atoms. The molecule has 4 rings (SSSR count). The fourth-order valence-corrected chi connectivity index (χ4v) is 5.04. The van der Waals surface area contributed by atoms with E-state index < -0.39 is 22.2 Å². The molecule has 0 radical (unpaired) electrons. The quantitative estimate of drug-likeness (QED) is 0.759. The molecule has 8 heteroatoms. The van der Waals surface area contributed by atoms with Gasteiger partial charge in [0.1, 0.15) is 21.8 Å². The highest BCUT2D eigenvalue weighted by molar-refractivity contribution is 7.91. The van der Waals surface area contributed by atoms with Gasteiger partial charge in [0.25, 0.3) is 0 Å². The molecule has 142 valence electrons. The number of aryl methyl sites for hydroxylation is 1. The van der Waals surface area contributed by atoms with Gasteiger partial charge in [0.15, 0.2) is 0 Å². The van der Waals surface area contributed by atoms with Crippen LogP contribution in [0.25, 0.3) is 0 Å². The second-order valence-corrected chi connectivity index (χ2v) is 10.5. The van der Waals surface area contributed by atoms with Gasteiger partial charge in [-0.2, -0.15) is 5.10 Å². The highest BCUT2D eigenvalue weighted by Gasteiger charge is 2.50. The zero-order valence-corrected chi connectivity index (χ0v) is 16.4. The van der Waals surface area contributed by atoms with Gasteiger partial charge in [0.05, 0.1) is 17.9 Å². The number of carbonyl (C=O) groups is 1. The van der Waals surface area contributed by atoms with Crippen molar-refractivity contribution in [3.05, 3.63) is 17.0 Å². The minimum absolute atomic E-state index is 0.243. The first-order chi connectivity index (χ1) is 12.2. The minimum atomic E-state index is -1.34. The van der Waals surface area contributed by atoms with Crippen LogP contribution in [0, 0.1) is 5.41 Å². The second-order valence-electron chi connectivity index (χ2n) is 8.64. The molecular weight excluding hydrogens is 352 g/mol. The van der Waals surface area contributed by atoms with Gasteiger partial charge >= 0.3 is 6.09 Å². The minimum Gasteiger partial charge on any atom is -0.591 e. The summed E-state index contributed by atoms with van der Waals surface area (Å²) in [6.45, 7) is 7.51. The number of hydrogen-bond acceptors (Lipinski definition) is 4. The van der Waals surface area contributed by atoms with Crippen molar-refractivity contribution in [2.75, 3.05) is 13.1 Å². The van der Waals surface area contributed by atoms with Gasteiger partial charge in [-0.1, -0.05) is 4.40 Å². The molecule has 0 aromatic carbocycles. The third-order valence-electron chi connectivity index (χ3n) is 5.84. The molecule has 1 N–H and O–H groups in total. The molecule has 1 aliphatic carbocycles. The summed E-state index contributed by atoms with van der Waals surface area (Å²) in [6.07, 6.45) is 3.66. The Morgan fingerprint density at radius 3 is 2.62 bits per heavy atom. The Morgan fingerprint density at radius 2 is 2.00 bits per heavy atom. The summed E-state index contributed by atoms with van der Waals surface area (Å²) in [7, 11) is 0. The number of nitrogens with zero attached hydrogens (tertiary/aromatic N) is 4. The van der Waals surface area contributed by atoms with Gasteiger partial charge in [-0.15, -0.1) is 0 Å². The molecule has 0 bridgehead atoms. The predicted molar refractivity (Wildman–Crippen MR) is 99.9 cm³/mol. The van der Waals surface area contributed by atoms with E-state index in [4.69, 9.17) is 9.50 Å². The van der Waals surface area contributed by atoms with Crippen LogP contribution in [0.3, 0.4) is 0 Å². The van der Waals surface area contributed by atoms with Crippen LogP contribution in [-0.2, 0) is 30.7 Å². The van der Waals surface area contributed by atoms with Crippen molar-refractivity contribution in [2.45, 2.75) is 64.2 Å². The first kappa shape index (κ1) is 17.9. The van der Waals surface area contributed by atoms with Gasteiger partial charge in [-0.05, 0) is 52.9 Å². The summed E-state index contributed by atoms with van der Waals surface area (Å²) in [4.78, 5) is 12.8. The summed E-state index contributed by atoms with van der Waals surface area (Å²) in [5, 5.41) is 14.1. The van der Waals surface area contributed by atoms with E-state index in [1.807, 2.05) is 20.8 Å². The summed E-state index contributed by atoms with van der Waals surface area (Å²) in [5.74, 6) is 0. The van der Waals surface area contributed by atoms with Crippen LogP contribution >= 0.6 is 0 Å². The fourth-order valence-electron chi connectivity index (χ4n) is 4.32. The molecule has 1 aromatic rings. The van der Waals surface area contributed by atoms with E-state index in [0.29, 0.717) is 25.9 Å². The highest BCUT2D eigenvalue weighted by atomic mass is 32.2. The maximum absolute atomic E-state index is 12.8. The van der Waals surface area contributed by atoms with Crippen molar-refractivity contribution in [1.82, 2.24) is 14.7 Å². The highest BCUT2D eigenvalue weighted by Crippen LogP contribution is 2.45. The summed E-state index contributed by atoms with van der Waals surface area (Å²) in [6, 6.07) is 0. The Morgan fingerprint density at radius 1 is 1.31 bits per heavy atom. The molecule has 3 aliphatic rings. The van der Waals surface area contributed by atoms with Gasteiger partial charge in [-0.3, -0.25) is 4.68 Å². The monoisotopic (exact) mass is 378 g/mol. The summed E-state index contributed by atoms with van der Waals surface area (Å²) < 4.78 is 19.2. The van der Waals surface area contributed by atoms with Crippen LogP contribution in [0.1, 0.15) is 57.0 Å². The number of rotatable bonds is 1. The van der Waals surface area contributed by atoms with Gasteiger partial charge < -0.3 is 14.6 Å². The predicted octanol–water partition coefficient (Wildman–Crippen LogP) is 2.40. The number of likely N-dealkylation sites (tertiary alicyclic amines) is 1. The van der Waals surface area contributed by atoms with Crippen LogP contribution in [0.2, 0.25) is 0 Å². The smallest absolute Gasteiger partial charge is 0.407 e. The van der Waals surface area contributed by atoms with Crippen LogP contribution in [-0.4, -0.2) is 54.0 Å². The topological polar surface area (TPSA) is 93.8 Å². The average molecular weight is 378 g/mol. The molecule has 1 amide bonds. The summed E-state index contributed by atoms with van der Waals surface area (Å²) in [5.41, 5.74) is 4.16. The lowest BCUT2D eigenvalue weighted by molar-refractivity contribution is 0.110. The van der Waals surface area contributed by atoms with Gasteiger partial charge in [0, 0.05) is 24.1 Å². The number of fused-ring (bicyclic) bond motifs is 3. The van der Waals surface area contributed by atoms with Crippen LogP contribution in [0.5, 0.6) is 0 Å². The Labute approximate surface area is 156 Å². The molecule has 0 saturated carbocycles. The molecule has 7 nitrogen and oxygen atoms in total. The lowest BCUT2D eigenvalue weighted by Crippen LogP contribution is -2.46.